The van der Waals surface area contributed by atoms with E-state index in [0.29, 0.717) is 17.6 Å². The smallest absolute Gasteiger partial charge is 0.308 e. The molecule has 0 saturated carbocycles. The normalized spacial score (nSPS) is 13.6. The lowest BCUT2D eigenvalue weighted by Gasteiger charge is -2.16. The van der Waals surface area contributed by atoms with Crippen molar-refractivity contribution >= 4 is 16.7 Å². The van der Waals surface area contributed by atoms with E-state index in [2.05, 4.69) is 97.9 Å². The van der Waals surface area contributed by atoms with Gasteiger partial charge in [-0.3, -0.25) is 4.79 Å². The van der Waals surface area contributed by atoms with Gasteiger partial charge in [0, 0.05) is 23.3 Å². The van der Waals surface area contributed by atoms with Crippen LogP contribution in [0.2, 0.25) is 0 Å². The van der Waals surface area contributed by atoms with Crippen LogP contribution in [0.25, 0.3) is 10.8 Å². The van der Waals surface area contributed by atoms with E-state index in [-0.39, 0.29) is 11.7 Å². The summed E-state index contributed by atoms with van der Waals surface area (Å²) in [6.07, 6.45) is 30.5. The number of phenolic OH excluding ortho intramolecular Hbond substituents is 1. The lowest BCUT2D eigenvalue weighted by atomic mass is 9.95. The average molecular weight is 693 g/mol. The average Bonchev–Trinajstić information content (AvgIpc) is 3.06. The van der Waals surface area contributed by atoms with Gasteiger partial charge in [-0.05, 0) is 151 Å². The summed E-state index contributed by atoms with van der Waals surface area (Å²) in [6.45, 7) is 21.2. The summed E-state index contributed by atoms with van der Waals surface area (Å²) in [5.74, 6) is 0.445. The maximum Gasteiger partial charge on any atom is 0.308 e. The van der Waals surface area contributed by atoms with Crippen LogP contribution in [0.3, 0.4) is 0 Å². The van der Waals surface area contributed by atoms with Gasteiger partial charge in [0.15, 0.2) is 0 Å². The zero-order chi connectivity index (χ0) is 37.8. The lowest BCUT2D eigenvalue weighted by molar-refractivity contribution is -0.131. The van der Waals surface area contributed by atoms with E-state index in [4.69, 9.17) is 4.74 Å². The Bertz CT molecular complexity index is 1650. The molecule has 3 nitrogen and oxygen atoms in total. The molecule has 0 unspecified atom stereocenters. The monoisotopic (exact) mass is 693 g/mol. The van der Waals surface area contributed by atoms with Gasteiger partial charge in [-0.1, -0.05) is 106 Å². The zero-order valence-electron chi connectivity index (χ0n) is 33.8. The van der Waals surface area contributed by atoms with E-state index in [1.54, 1.807) is 0 Å². The fourth-order valence-corrected chi connectivity index (χ4v) is 6.30. The SMILES string of the molecule is CC(=O)Oc1c(C)c(CC=C(C)CCC=C(C)CCC=C(C)CCC=C(C)CCC=C(C)CCC=C(C)CCC=C(C)C)c(O)c2ccccc12. The van der Waals surface area contributed by atoms with Crippen molar-refractivity contribution in [3.05, 3.63) is 117 Å². The molecule has 1 N–H and O–H groups in total. The van der Waals surface area contributed by atoms with E-state index in [9.17, 15) is 9.90 Å². The van der Waals surface area contributed by atoms with Gasteiger partial charge in [-0.2, -0.15) is 0 Å². The number of hydrogen-bond acceptors (Lipinski definition) is 3. The Morgan fingerprint density at radius 3 is 1.27 bits per heavy atom. The molecule has 0 aromatic heterocycles. The molecule has 2 aromatic carbocycles. The molecular formula is C48H68O3. The number of benzene rings is 2. The Balaban J connectivity index is 1.73. The van der Waals surface area contributed by atoms with Crippen molar-refractivity contribution in [2.75, 3.05) is 0 Å². The predicted molar refractivity (Wildman–Crippen MR) is 223 cm³/mol. The number of phenols is 1. The number of fused-ring (bicyclic) bond motifs is 1. The van der Waals surface area contributed by atoms with Crippen molar-refractivity contribution in [1.29, 1.82) is 0 Å². The second-order valence-corrected chi connectivity index (χ2v) is 14.9. The molecule has 0 spiro atoms. The number of allylic oxidation sites excluding steroid dienone is 14. The highest BCUT2D eigenvalue weighted by Crippen LogP contribution is 2.40. The third-order valence-electron chi connectivity index (χ3n) is 9.65. The van der Waals surface area contributed by atoms with Gasteiger partial charge < -0.3 is 9.84 Å². The lowest BCUT2D eigenvalue weighted by Crippen LogP contribution is -2.05. The minimum atomic E-state index is -0.359. The molecule has 0 aliphatic heterocycles. The fourth-order valence-electron chi connectivity index (χ4n) is 6.30. The van der Waals surface area contributed by atoms with Crippen LogP contribution < -0.4 is 4.74 Å². The van der Waals surface area contributed by atoms with E-state index >= 15 is 0 Å². The first-order valence-electron chi connectivity index (χ1n) is 19.3. The molecule has 0 aliphatic rings. The van der Waals surface area contributed by atoms with E-state index in [0.717, 1.165) is 80.7 Å². The van der Waals surface area contributed by atoms with Crippen molar-refractivity contribution in [3.63, 3.8) is 0 Å². The molecule has 0 bridgehead atoms. The summed E-state index contributed by atoms with van der Waals surface area (Å²) in [6, 6.07) is 7.54. The highest BCUT2D eigenvalue weighted by atomic mass is 16.5. The van der Waals surface area contributed by atoms with Crippen molar-refractivity contribution in [2.45, 2.75) is 153 Å². The zero-order valence-corrected chi connectivity index (χ0v) is 33.8. The number of carbonyl (C=O) groups is 1. The first kappa shape index (κ1) is 43.3. The van der Waals surface area contributed by atoms with Crippen molar-refractivity contribution in [1.82, 2.24) is 0 Å². The van der Waals surface area contributed by atoms with Crippen molar-refractivity contribution in [3.8, 4) is 11.5 Å². The fraction of sp³-hybridized carbons (Fsp3) is 0.479. The van der Waals surface area contributed by atoms with Crippen LogP contribution in [0.15, 0.2) is 106 Å². The summed E-state index contributed by atoms with van der Waals surface area (Å²) < 4.78 is 5.58. The molecular weight excluding hydrogens is 625 g/mol. The van der Waals surface area contributed by atoms with Crippen LogP contribution in [0.5, 0.6) is 11.5 Å². The van der Waals surface area contributed by atoms with Gasteiger partial charge >= 0.3 is 5.97 Å². The Hall–Kier alpha value is -3.85. The maximum atomic E-state index is 11.8. The molecule has 0 atom stereocenters. The van der Waals surface area contributed by atoms with E-state index in [1.807, 2.05) is 31.2 Å². The number of aromatic hydroxyl groups is 1. The summed E-state index contributed by atoms with van der Waals surface area (Å²) in [5, 5.41) is 12.5. The summed E-state index contributed by atoms with van der Waals surface area (Å²) in [4.78, 5) is 11.8. The minimum absolute atomic E-state index is 0.266. The maximum absolute atomic E-state index is 11.8. The highest BCUT2D eigenvalue weighted by Gasteiger charge is 2.18. The van der Waals surface area contributed by atoms with Crippen LogP contribution >= 0.6 is 0 Å². The summed E-state index contributed by atoms with van der Waals surface area (Å²) >= 11 is 0. The molecule has 0 aliphatic carbocycles. The Labute approximate surface area is 311 Å². The van der Waals surface area contributed by atoms with Gasteiger partial charge in [-0.15, -0.1) is 0 Å². The Morgan fingerprint density at radius 1 is 0.549 bits per heavy atom. The number of hydrogen-bond donors (Lipinski definition) is 1. The highest BCUT2D eigenvalue weighted by molar-refractivity contribution is 5.97. The van der Waals surface area contributed by atoms with Gasteiger partial charge in [0.1, 0.15) is 11.5 Å². The standard InChI is InChI=1S/C48H68O3/c1-35(2)19-13-20-36(3)21-14-22-37(4)23-15-24-38(5)25-16-26-39(6)27-17-28-40(7)29-18-30-41(8)33-34-44-42(9)48(51-43(10)49)46-32-12-11-31-45(46)47(44)50/h11-12,19,21,23,25,27,29,31-33,50H,13-18,20,22,24,26,28,30,34H2,1-10H3. The molecule has 3 heteroatoms. The topological polar surface area (TPSA) is 46.5 Å². The third kappa shape index (κ3) is 17.3. The molecule has 0 fully saturated rings. The van der Waals surface area contributed by atoms with E-state index in [1.165, 1.54) is 58.8 Å². The molecule has 0 amide bonds. The third-order valence-corrected chi connectivity index (χ3v) is 9.65. The predicted octanol–water partition coefficient (Wildman–Crippen LogP) is 14.6. The second kappa shape index (κ2) is 23.6. The van der Waals surface area contributed by atoms with Crippen LogP contribution in [0.1, 0.15) is 150 Å². The van der Waals surface area contributed by atoms with Gasteiger partial charge in [-0.25, -0.2) is 0 Å². The summed E-state index contributed by atoms with van der Waals surface area (Å²) in [5.41, 5.74) is 11.8. The van der Waals surface area contributed by atoms with Gasteiger partial charge in [0.25, 0.3) is 0 Å². The Kier molecular flexibility index (Phi) is 20.0. The van der Waals surface area contributed by atoms with Gasteiger partial charge in [0.2, 0.25) is 0 Å². The van der Waals surface area contributed by atoms with Crippen LogP contribution in [0, 0.1) is 6.92 Å². The van der Waals surface area contributed by atoms with Crippen LogP contribution in [0.4, 0.5) is 0 Å². The van der Waals surface area contributed by atoms with Crippen LogP contribution in [-0.2, 0) is 11.2 Å². The minimum Gasteiger partial charge on any atom is -0.507 e. The molecule has 2 rings (SSSR count). The molecule has 51 heavy (non-hydrogen) atoms. The first-order valence-corrected chi connectivity index (χ1v) is 19.3. The number of carbonyl (C=O) groups excluding carboxylic acids is 1. The number of ether oxygens (including phenoxy) is 1. The van der Waals surface area contributed by atoms with E-state index < -0.39 is 0 Å². The largest absolute Gasteiger partial charge is 0.507 e. The molecule has 2 aromatic rings. The molecule has 0 radical (unpaired) electrons. The number of rotatable bonds is 21. The quantitative estimate of drug-likeness (QED) is 0.0805. The molecule has 278 valence electrons. The first-order chi connectivity index (χ1) is 24.3. The van der Waals surface area contributed by atoms with Gasteiger partial charge in [0.05, 0.1) is 0 Å². The number of esters is 1. The van der Waals surface area contributed by atoms with Crippen molar-refractivity contribution in [2.24, 2.45) is 0 Å². The molecule has 0 heterocycles. The second-order valence-electron chi connectivity index (χ2n) is 14.9. The van der Waals surface area contributed by atoms with Crippen LogP contribution in [-0.4, -0.2) is 11.1 Å². The Morgan fingerprint density at radius 2 is 0.902 bits per heavy atom. The molecule has 0 saturated heterocycles. The summed E-state index contributed by atoms with van der Waals surface area (Å²) in [7, 11) is 0. The van der Waals surface area contributed by atoms with Crippen molar-refractivity contribution < 1.29 is 14.6 Å².